The Hall–Kier alpha value is -0.196. The molecule has 0 unspecified atom stereocenters. The van der Waals surface area contributed by atoms with Crippen molar-refractivity contribution in [1.29, 1.82) is 0 Å². The molecule has 0 bridgehead atoms. The van der Waals surface area contributed by atoms with E-state index in [0.29, 0.717) is 23.0 Å². The first-order chi connectivity index (χ1) is 8.60. The van der Waals surface area contributed by atoms with Crippen LogP contribution in [0.25, 0.3) is 0 Å². The van der Waals surface area contributed by atoms with E-state index >= 15 is 0 Å². The fourth-order valence-corrected chi connectivity index (χ4v) is 1.20. The molecule has 0 saturated carbocycles. The third-order valence-electron chi connectivity index (χ3n) is 2.42. The number of hydrogen-bond acceptors (Lipinski definition) is 4. The third-order valence-corrected chi connectivity index (χ3v) is 2.42. The number of oxime groups is 1. The smallest absolute Gasteiger partial charge is 0.609 e. The van der Waals surface area contributed by atoms with Crippen LogP contribution in [0.4, 0.5) is 5.69 Å². The Kier molecular flexibility index (Phi) is 12.7. The largest absolute Gasteiger partial charge is 2.00 e. The summed E-state index contributed by atoms with van der Waals surface area (Å²) in [6.07, 6.45) is 4.45. The van der Waals surface area contributed by atoms with E-state index < -0.39 is 0 Å². The molecule has 0 saturated heterocycles. The minimum absolute atomic E-state index is 0. The number of likely N-dealkylation sites (N-methyl/N-ethyl adjacent to an activating group) is 1. The van der Waals surface area contributed by atoms with Gasteiger partial charge in [-0.05, 0) is 14.0 Å². The van der Waals surface area contributed by atoms with Crippen molar-refractivity contribution in [2.45, 2.75) is 13.8 Å². The van der Waals surface area contributed by atoms with Gasteiger partial charge in [-0.15, -0.1) is 12.4 Å². The van der Waals surface area contributed by atoms with Gasteiger partial charge in [0.25, 0.3) is 0 Å². The number of carbonyl (C=O) groups excluding carboxylic acids is 1. The van der Waals surface area contributed by atoms with Crippen LogP contribution in [0.1, 0.15) is 19.4 Å². The number of hydrogen-bond donors (Lipinski definition) is 1. The minimum atomic E-state index is 0. The van der Waals surface area contributed by atoms with Gasteiger partial charge in [0.1, 0.15) is 0 Å². The minimum Gasteiger partial charge on any atom is -0.609 e. The Labute approximate surface area is 169 Å². The fourth-order valence-electron chi connectivity index (χ4n) is 1.20. The van der Waals surface area contributed by atoms with Crippen LogP contribution in [0.2, 0.25) is 0 Å². The molecule has 0 aromatic heterocycles. The van der Waals surface area contributed by atoms with Gasteiger partial charge in [-0.3, -0.25) is 0 Å². The zero-order valence-electron chi connectivity index (χ0n) is 11.2. The van der Waals surface area contributed by atoms with Crippen LogP contribution in [0.15, 0.2) is 34.4 Å². The second kappa shape index (κ2) is 11.5. The fraction of sp³-hybridized carbons (Fsp3) is 0.231. The predicted molar refractivity (Wildman–Crippen MR) is 69.9 cm³/mol. The van der Waals surface area contributed by atoms with Crippen molar-refractivity contribution in [3.63, 3.8) is 0 Å². The average molecular weight is 468 g/mol. The summed E-state index contributed by atoms with van der Waals surface area (Å²) >= 11 is 0. The van der Waals surface area contributed by atoms with Crippen LogP contribution < -0.4 is 0 Å². The molecule has 0 aliphatic rings. The summed E-state index contributed by atoms with van der Waals surface area (Å²) < 4.78 is 0. The standard InChI is InChI=1S/C13H14N3O2.V.Yb/c1-10(8-17)16(3)9-14-13-7-5-4-6-12(13)11(2)15-18;;/h4-7,18H,1-3H3;;/q-3;+2;. The van der Waals surface area contributed by atoms with E-state index in [-0.39, 0.29) is 65.5 Å². The van der Waals surface area contributed by atoms with Crippen LogP contribution in [0.5, 0.6) is 0 Å². The molecule has 0 fully saturated rings. The molecule has 1 radical (unpaired) electrons. The third kappa shape index (κ3) is 6.50. The molecule has 20 heavy (non-hydrogen) atoms. The molecular weight excluding hydrogens is 454 g/mol. The van der Waals surface area contributed by atoms with Crippen molar-refractivity contribution < 1.29 is 75.5 Å². The molecular formula is C13H14N3O2VYb-. The Morgan fingerprint density at radius 2 is 2.00 bits per heavy atom. The molecule has 0 amide bonds. The quantitative estimate of drug-likeness (QED) is 0.180. The molecule has 1 aromatic carbocycles. The maximum atomic E-state index is 10.4. The van der Waals surface area contributed by atoms with Crippen LogP contribution >= 0.6 is 0 Å². The van der Waals surface area contributed by atoms with E-state index in [4.69, 9.17) is 5.21 Å². The van der Waals surface area contributed by atoms with E-state index in [9.17, 15) is 4.79 Å². The summed E-state index contributed by atoms with van der Waals surface area (Å²) in [4.78, 5) is 16.0. The summed E-state index contributed by atoms with van der Waals surface area (Å²) in [6.45, 7) is 3.29. The molecule has 0 heterocycles. The molecule has 113 valence electrons. The Morgan fingerprint density at radius 3 is 2.55 bits per heavy atom. The van der Waals surface area contributed by atoms with Crippen molar-refractivity contribution in [3.05, 3.63) is 35.9 Å². The van der Waals surface area contributed by atoms with Crippen LogP contribution in [-0.4, -0.2) is 35.5 Å². The van der Waals surface area contributed by atoms with Crippen molar-refractivity contribution in [2.75, 3.05) is 7.05 Å². The van der Waals surface area contributed by atoms with E-state index in [1.165, 1.54) is 4.90 Å². The van der Waals surface area contributed by atoms with Gasteiger partial charge in [-0.25, -0.2) is 0 Å². The van der Waals surface area contributed by atoms with Gasteiger partial charge in [0.15, 0.2) is 0 Å². The van der Waals surface area contributed by atoms with Crippen LogP contribution in [0.3, 0.4) is 0 Å². The van der Waals surface area contributed by atoms with Crippen molar-refractivity contribution in [2.24, 2.45) is 10.1 Å². The summed E-state index contributed by atoms with van der Waals surface area (Å²) in [5, 5.41) is 11.9. The first kappa shape index (κ1) is 22.1. The molecule has 0 spiro atoms. The number of rotatable bonds is 5. The monoisotopic (exact) mass is 469 g/mol. The van der Waals surface area contributed by atoms with Crippen LogP contribution in [-0.2, 0) is 23.4 Å². The summed E-state index contributed by atoms with van der Waals surface area (Å²) in [6, 6.07) is 7.58. The zero-order chi connectivity index (χ0) is 13.5. The van der Waals surface area contributed by atoms with Gasteiger partial charge in [0, 0.05) is 46.9 Å². The second-order valence-corrected chi connectivity index (χ2v) is 3.66. The van der Waals surface area contributed by atoms with E-state index in [1.54, 1.807) is 39.3 Å². The molecule has 5 nitrogen and oxygen atoms in total. The SMILES string of the molecule is CC(=NO)c1ccccc1N=[C-]N(C)[C-](C)[C-]=O.[V+2].[Yb]. The second-order valence-electron chi connectivity index (χ2n) is 3.66. The first-order valence-electron chi connectivity index (χ1n) is 5.30. The maximum Gasteiger partial charge on any atom is 2.00 e. The van der Waals surface area contributed by atoms with Crippen LogP contribution in [0, 0.1) is 53.0 Å². The van der Waals surface area contributed by atoms with Crippen molar-refractivity contribution in [3.8, 4) is 0 Å². The van der Waals surface area contributed by atoms with Gasteiger partial charge in [0.05, 0.1) is 5.71 Å². The Balaban J connectivity index is 0. The van der Waals surface area contributed by atoms with E-state index in [0.717, 1.165) is 0 Å². The van der Waals surface area contributed by atoms with E-state index in [2.05, 4.69) is 16.5 Å². The molecule has 1 rings (SSSR count). The maximum absolute atomic E-state index is 10.4. The molecule has 7 heteroatoms. The first-order valence-corrected chi connectivity index (χ1v) is 5.30. The van der Waals surface area contributed by atoms with Gasteiger partial charge in [-0.1, -0.05) is 34.6 Å². The number of benzene rings is 1. The molecule has 0 aliphatic heterocycles. The summed E-state index contributed by atoms with van der Waals surface area (Å²) in [5.41, 5.74) is 1.77. The van der Waals surface area contributed by atoms with Crippen molar-refractivity contribution >= 4 is 24.0 Å². The predicted octanol–water partition coefficient (Wildman–Crippen LogP) is 2.01. The normalized spacial score (nSPS) is 10.4. The Morgan fingerprint density at radius 1 is 1.40 bits per heavy atom. The number of para-hydroxylation sites is 1. The van der Waals surface area contributed by atoms with Gasteiger partial charge in [-0.2, -0.15) is 6.92 Å². The number of aliphatic imine (C=N–C) groups is 1. The zero-order valence-corrected chi connectivity index (χ0v) is 14.3. The molecule has 1 aromatic rings. The molecule has 0 atom stereocenters. The van der Waals surface area contributed by atoms with Gasteiger partial charge in [0.2, 0.25) is 0 Å². The average Bonchev–Trinajstić information content (AvgIpc) is 2.43. The summed E-state index contributed by atoms with van der Waals surface area (Å²) in [5.74, 6) is 0. The molecule has 0 aliphatic carbocycles. The Bertz CT molecular complexity index is 480. The van der Waals surface area contributed by atoms with E-state index in [1.807, 2.05) is 12.1 Å². The molecule has 1 N–H and O–H groups in total. The van der Waals surface area contributed by atoms with Gasteiger partial charge < -0.3 is 32.2 Å². The topological polar surface area (TPSA) is 65.3 Å². The van der Waals surface area contributed by atoms with Crippen molar-refractivity contribution in [1.82, 2.24) is 4.90 Å². The number of nitrogens with zero attached hydrogens (tertiary/aromatic N) is 3. The summed E-state index contributed by atoms with van der Waals surface area (Å²) in [7, 11) is 1.65. The van der Waals surface area contributed by atoms with Gasteiger partial charge >= 0.3 is 18.6 Å².